The Kier molecular flexibility index (Phi) is 3.31. The maximum Gasteiger partial charge on any atom is 0.0964 e. The van der Waals surface area contributed by atoms with Crippen molar-refractivity contribution in [3.8, 4) is 0 Å². The molecule has 2 rings (SSSR count). The summed E-state index contributed by atoms with van der Waals surface area (Å²) in [5.74, 6) is 0. The molecule has 0 atom stereocenters. The number of nitrogens with zero attached hydrogens (tertiary/aromatic N) is 3. The molecule has 2 aromatic rings. The normalized spacial score (nSPS) is 10.6. The molecule has 84 valence electrons. The van der Waals surface area contributed by atoms with Gasteiger partial charge in [0.15, 0.2) is 0 Å². The summed E-state index contributed by atoms with van der Waals surface area (Å²) in [5.41, 5.74) is 3.55. The number of hydrogen-bond acceptors (Lipinski definition) is 3. The van der Waals surface area contributed by atoms with Gasteiger partial charge in [-0.15, -0.1) is 5.10 Å². The van der Waals surface area contributed by atoms with Gasteiger partial charge in [0, 0.05) is 26.3 Å². The molecule has 0 aliphatic heterocycles. The summed E-state index contributed by atoms with van der Waals surface area (Å²) in [5, 5.41) is 11.2. The molecular weight excluding hydrogens is 200 g/mol. The molecule has 0 radical (unpaired) electrons. The molecule has 1 aromatic heterocycles. The van der Waals surface area contributed by atoms with Crippen LogP contribution in [0.5, 0.6) is 0 Å². The molecule has 0 amide bonds. The van der Waals surface area contributed by atoms with Crippen molar-refractivity contribution in [2.45, 2.75) is 20.0 Å². The minimum absolute atomic E-state index is 0.752. The number of hydrogen-bond donors (Lipinski definition) is 1. The van der Waals surface area contributed by atoms with E-state index in [1.165, 1.54) is 11.1 Å². The Morgan fingerprint density at radius 1 is 1.31 bits per heavy atom. The van der Waals surface area contributed by atoms with Crippen LogP contribution in [-0.4, -0.2) is 15.0 Å². The minimum atomic E-state index is 0.752. The Bertz CT molecular complexity index is 462. The summed E-state index contributed by atoms with van der Waals surface area (Å²) >= 11 is 0. The van der Waals surface area contributed by atoms with Gasteiger partial charge in [0.25, 0.3) is 0 Å². The van der Waals surface area contributed by atoms with Gasteiger partial charge in [-0.3, -0.25) is 4.68 Å². The second-order valence-electron chi connectivity index (χ2n) is 3.98. The summed E-state index contributed by atoms with van der Waals surface area (Å²) < 4.78 is 1.71. The van der Waals surface area contributed by atoms with Crippen LogP contribution < -0.4 is 5.32 Å². The van der Waals surface area contributed by atoms with Crippen LogP contribution in [0.25, 0.3) is 0 Å². The standard InChI is InChI=1S/C12H16N4/c1-10-4-3-5-11(6-10)7-13-8-12-9-16(2)15-14-12/h3-6,9,13H,7-8H2,1-2H3. The molecule has 0 aliphatic rings. The van der Waals surface area contributed by atoms with Gasteiger partial charge < -0.3 is 5.32 Å². The minimum Gasteiger partial charge on any atom is -0.307 e. The van der Waals surface area contributed by atoms with Gasteiger partial charge in [0.2, 0.25) is 0 Å². The van der Waals surface area contributed by atoms with E-state index in [4.69, 9.17) is 0 Å². The lowest BCUT2D eigenvalue weighted by Gasteiger charge is -2.03. The molecule has 1 N–H and O–H groups in total. The van der Waals surface area contributed by atoms with Crippen molar-refractivity contribution in [2.75, 3.05) is 0 Å². The number of aryl methyl sites for hydroxylation is 2. The van der Waals surface area contributed by atoms with E-state index in [0.717, 1.165) is 18.8 Å². The smallest absolute Gasteiger partial charge is 0.0964 e. The van der Waals surface area contributed by atoms with Gasteiger partial charge in [-0.25, -0.2) is 0 Å². The maximum absolute atomic E-state index is 4.01. The Labute approximate surface area is 95.3 Å². The van der Waals surface area contributed by atoms with Crippen molar-refractivity contribution in [1.29, 1.82) is 0 Å². The third-order valence-electron chi connectivity index (χ3n) is 2.37. The first-order valence-electron chi connectivity index (χ1n) is 5.35. The molecule has 1 heterocycles. The highest BCUT2D eigenvalue weighted by atomic mass is 15.4. The Morgan fingerprint density at radius 3 is 2.88 bits per heavy atom. The highest BCUT2D eigenvalue weighted by Gasteiger charge is 1.98. The molecule has 0 spiro atoms. The lowest BCUT2D eigenvalue weighted by atomic mass is 10.1. The zero-order chi connectivity index (χ0) is 11.4. The van der Waals surface area contributed by atoms with E-state index in [1.807, 2.05) is 13.2 Å². The Balaban J connectivity index is 1.84. The van der Waals surface area contributed by atoms with Gasteiger partial charge in [-0.05, 0) is 12.5 Å². The van der Waals surface area contributed by atoms with Crippen molar-refractivity contribution in [3.05, 3.63) is 47.3 Å². The average molecular weight is 216 g/mol. The highest BCUT2D eigenvalue weighted by Crippen LogP contribution is 2.03. The third-order valence-corrected chi connectivity index (χ3v) is 2.37. The molecule has 0 aliphatic carbocycles. The van der Waals surface area contributed by atoms with E-state index in [0.29, 0.717) is 0 Å². The molecular formula is C12H16N4. The SMILES string of the molecule is Cc1cccc(CNCc2cn(C)nn2)c1. The van der Waals surface area contributed by atoms with Crippen molar-refractivity contribution in [3.63, 3.8) is 0 Å². The summed E-state index contributed by atoms with van der Waals surface area (Å²) in [6.45, 7) is 3.71. The average Bonchev–Trinajstić information content (AvgIpc) is 2.64. The highest BCUT2D eigenvalue weighted by molar-refractivity contribution is 5.21. The zero-order valence-electron chi connectivity index (χ0n) is 9.64. The van der Waals surface area contributed by atoms with Crippen LogP contribution in [0.2, 0.25) is 0 Å². The zero-order valence-corrected chi connectivity index (χ0v) is 9.64. The fourth-order valence-electron chi connectivity index (χ4n) is 1.63. The molecule has 0 unspecified atom stereocenters. The monoisotopic (exact) mass is 216 g/mol. The number of aromatic nitrogens is 3. The molecule has 0 fully saturated rings. The Morgan fingerprint density at radius 2 is 2.19 bits per heavy atom. The first kappa shape index (κ1) is 10.8. The fourth-order valence-corrected chi connectivity index (χ4v) is 1.63. The predicted molar refractivity (Wildman–Crippen MR) is 62.7 cm³/mol. The van der Waals surface area contributed by atoms with Crippen molar-refractivity contribution < 1.29 is 0 Å². The van der Waals surface area contributed by atoms with Crippen LogP contribution in [0.15, 0.2) is 30.5 Å². The van der Waals surface area contributed by atoms with E-state index in [-0.39, 0.29) is 0 Å². The summed E-state index contributed by atoms with van der Waals surface area (Å²) in [6.07, 6.45) is 1.92. The molecule has 4 nitrogen and oxygen atoms in total. The Hall–Kier alpha value is -1.68. The largest absolute Gasteiger partial charge is 0.307 e. The lowest BCUT2D eigenvalue weighted by Crippen LogP contribution is -2.12. The van der Waals surface area contributed by atoms with Gasteiger partial charge >= 0.3 is 0 Å². The van der Waals surface area contributed by atoms with Crippen LogP contribution in [-0.2, 0) is 20.1 Å². The van der Waals surface area contributed by atoms with Crippen LogP contribution in [0.4, 0.5) is 0 Å². The topological polar surface area (TPSA) is 42.7 Å². The van der Waals surface area contributed by atoms with Gasteiger partial charge in [0.05, 0.1) is 5.69 Å². The maximum atomic E-state index is 4.01. The first-order valence-corrected chi connectivity index (χ1v) is 5.35. The quantitative estimate of drug-likeness (QED) is 0.840. The number of benzene rings is 1. The summed E-state index contributed by atoms with van der Waals surface area (Å²) in [4.78, 5) is 0. The second kappa shape index (κ2) is 4.90. The third kappa shape index (κ3) is 2.90. The van der Waals surface area contributed by atoms with Gasteiger partial charge in [-0.1, -0.05) is 35.0 Å². The van der Waals surface area contributed by atoms with E-state index < -0.39 is 0 Å². The molecule has 16 heavy (non-hydrogen) atoms. The van der Waals surface area contributed by atoms with E-state index in [2.05, 4.69) is 46.8 Å². The molecule has 0 saturated carbocycles. The van der Waals surface area contributed by atoms with Crippen molar-refractivity contribution >= 4 is 0 Å². The van der Waals surface area contributed by atoms with Crippen LogP contribution >= 0.6 is 0 Å². The fraction of sp³-hybridized carbons (Fsp3) is 0.333. The van der Waals surface area contributed by atoms with E-state index >= 15 is 0 Å². The van der Waals surface area contributed by atoms with Crippen LogP contribution in [0.1, 0.15) is 16.8 Å². The van der Waals surface area contributed by atoms with Crippen molar-refractivity contribution in [2.24, 2.45) is 7.05 Å². The second-order valence-corrected chi connectivity index (χ2v) is 3.98. The molecule has 0 saturated heterocycles. The molecule has 1 aromatic carbocycles. The number of rotatable bonds is 4. The van der Waals surface area contributed by atoms with Gasteiger partial charge in [-0.2, -0.15) is 0 Å². The first-order chi connectivity index (χ1) is 7.74. The summed E-state index contributed by atoms with van der Waals surface area (Å²) in [6, 6.07) is 8.49. The summed E-state index contributed by atoms with van der Waals surface area (Å²) in [7, 11) is 1.87. The van der Waals surface area contributed by atoms with Crippen LogP contribution in [0, 0.1) is 6.92 Å². The van der Waals surface area contributed by atoms with Crippen molar-refractivity contribution in [1.82, 2.24) is 20.3 Å². The molecule has 0 bridgehead atoms. The van der Waals surface area contributed by atoms with E-state index in [9.17, 15) is 0 Å². The van der Waals surface area contributed by atoms with E-state index in [1.54, 1.807) is 4.68 Å². The lowest BCUT2D eigenvalue weighted by molar-refractivity contribution is 0.673. The molecule has 4 heteroatoms. The predicted octanol–water partition coefficient (Wildman–Crippen LogP) is 1.41. The van der Waals surface area contributed by atoms with Crippen LogP contribution in [0.3, 0.4) is 0 Å². The number of nitrogens with one attached hydrogen (secondary N) is 1. The van der Waals surface area contributed by atoms with Gasteiger partial charge in [0.1, 0.15) is 0 Å².